The summed E-state index contributed by atoms with van der Waals surface area (Å²) < 4.78 is 5.49. The first kappa shape index (κ1) is 19.0. The van der Waals surface area contributed by atoms with Gasteiger partial charge in [-0.15, -0.1) is 0 Å². The number of carbonyl (C=O) groups is 2. The van der Waals surface area contributed by atoms with Crippen LogP contribution in [0.4, 0.5) is 5.69 Å². The molecular formula is C18H28N2O3. The van der Waals surface area contributed by atoms with Crippen LogP contribution in [0.3, 0.4) is 0 Å². The number of hydrogen-bond donors (Lipinski definition) is 1. The lowest BCUT2D eigenvalue weighted by Crippen LogP contribution is -2.32. The lowest BCUT2D eigenvalue weighted by molar-refractivity contribution is -0.129. The molecular weight excluding hydrogens is 292 g/mol. The van der Waals surface area contributed by atoms with Gasteiger partial charge in [0.05, 0.1) is 12.3 Å². The SMILES string of the molecule is CCCCCN(CCC(=O)Nc1ccccc1OCC)C(C)=O. The summed E-state index contributed by atoms with van der Waals surface area (Å²) in [5, 5.41) is 2.85. The van der Waals surface area contributed by atoms with Crippen LogP contribution in [-0.4, -0.2) is 36.4 Å². The smallest absolute Gasteiger partial charge is 0.226 e. The molecule has 0 bridgehead atoms. The molecule has 0 saturated heterocycles. The van der Waals surface area contributed by atoms with Crippen molar-refractivity contribution in [2.24, 2.45) is 0 Å². The molecule has 1 rings (SSSR count). The highest BCUT2D eigenvalue weighted by molar-refractivity contribution is 5.92. The highest BCUT2D eigenvalue weighted by Crippen LogP contribution is 2.23. The van der Waals surface area contributed by atoms with Crippen molar-refractivity contribution in [3.05, 3.63) is 24.3 Å². The van der Waals surface area contributed by atoms with E-state index in [1.807, 2.05) is 31.2 Å². The minimum atomic E-state index is -0.112. The molecule has 0 unspecified atom stereocenters. The van der Waals surface area contributed by atoms with Gasteiger partial charge >= 0.3 is 0 Å². The zero-order chi connectivity index (χ0) is 17.1. The van der Waals surface area contributed by atoms with Gasteiger partial charge in [-0.05, 0) is 25.5 Å². The van der Waals surface area contributed by atoms with E-state index in [2.05, 4.69) is 12.2 Å². The third-order valence-electron chi connectivity index (χ3n) is 3.55. The largest absolute Gasteiger partial charge is 0.492 e. The normalized spacial score (nSPS) is 10.2. The third-order valence-corrected chi connectivity index (χ3v) is 3.55. The van der Waals surface area contributed by atoms with Crippen molar-refractivity contribution in [1.29, 1.82) is 0 Å². The number of rotatable bonds is 10. The Labute approximate surface area is 139 Å². The van der Waals surface area contributed by atoms with Crippen LogP contribution in [0.15, 0.2) is 24.3 Å². The van der Waals surface area contributed by atoms with Gasteiger partial charge in [0.1, 0.15) is 5.75 Å². The van der Waals surface area contributed by atoms with Crippen LogP contribution >= 0.6 is 0 Å². The molecule has 0 saturated carbocycles. The lowest BCUT2D eigenvalue weighted by Gasteiger charge is -2.20. The van der Waals surface area contributed by atoms with Crippen molar-refractivity contribution >= 4 is 17.5 Å². The summed E-state index contributed by atoms with van der Waals surface area (Å²) >= 11 is 0. The summed E-state index contributed by atoms with van der Waals surface area (Å²) in [5.41, 5.74) is 0.666. The number of hydrogen-bond acceptors (Lipinski definition) is 3. The molecule has 128 valence electrons. The highest BCUT2D eigenvalue weighted by Gasteiger charge is 2.12. The molecule has 0 heterocycles. The first-order valence-corrected chi connectivity index (χ1v) is 8.35. The quantitative estimate of drug-likeness (QED) is 0.672. The summed E-state index contributed by atoms with van der Waals surface area (Å²) in [4.78, 5) is 25.5. The number of para-hydroxylation sites is 2. The maximum absolute atomic E-state index is 12.1. The van der Waals surface area contributed by atoms with Crippen LogP contribution in [0.5, 0.6) is 5.75 Å². The lowest BCUT2D eigenvalue weighted by atomic mass is 10.2. The fourth-order valence-corrected chi connectivity index (χ4v) is 2.28. The van der Waals surface area contributed by atoms with Crippen LogP contribution < -0.4 is 10.1 Å². The standard InChI is InChI=1S/C18H28N2O3/c1-4-6-9-13-20(15(3)21)14-12-18(22)19-16-10-7-8-11-17(16)23-5-2/h7-8,10-11H,4-6,9,12-14H2,1-3H3,(H,19,22). The molecule has 1 aromatic carbocycles. The molecule has 0 aromatic heterocycles. The Balaban J connectivity index is 2.50. The topological polar surface area (TPSA) is 58.6 Å². The Morgan fingerprint density at radius 2 is 1.87 bits per heavy atom. The molecule has 1 N–H and O–H groups in total. The average molecular weight is 320 g/mol. The Kier molecular flexibility index (Phi) is 8.80. The van der Waals surface area contributed by atoms with Crippen LogP contribution in [-0.2, 0) is 9.59 Å². The van der Waals surface area contributed by atoms with Gasteiger partial charge in [-0.25, -0.2) is 0 Å². The third kappa shape index (κ3) is 7.17. The second kappa shape index (κ2) is 10.6. The van der Waals surface area contributed by atoms with Crippen molar-refractivity contribution in [3.63, 3.8) is 0 Å². The van der Waals surface area contributed by atoms with E-state index >= 15 is 0 Å². The zero-order valence-electron chi connectivity index (χ0n) is 14.4. The molecule has 5 nitrogen and oxygen atoms in total. The van der Waals surface area contributed by atoms with Crippen LogP contribution in [0.2, 0.25) is 0 Å². The molecule has 5 heteroatoms. The van der Waals surface area contributed by atoms with Crippen molar-refractivity contribution in [2.45, 2.75) is 46.5 Å². The van der Waals surface area contributed by atoms with Crippen LogP contribution in [0, 0.1) is 0 Å². The number of anilines is 1. The number of nitrogens with one attached hydrogen (secondary N) is 1. The van der Waals surface area contributed by atoms with Gasteiger partial charge in [-0.1, -0.05) is 31.9 Å². The van der Waals surface area contributed by atoms with E-state index in [-0.39, 0.29) is 18.2 Å². The molecule has 0 aliphatic carbocycles. The Hall–Kier alpha value is -2.04. The number of nitrogens with zero attached hydrogens (tertiary/aromatic N) is 1. The van der Waals surface area contributed by atoms with E-state index in [4.69, 9.17) is 4.74 Å². The van der Waals surface area contributed by atoms with E-state index < -0.39 is 0 Å². The molecule has 1 aromatic rings. The molecule has 0 aliphatic rings. The minimum absolute atomic E-state index is 0.0172. The number of ether oxygens (including phenoxy) is 1. The van der Waals surface area contributed by atoms with E-state index in [1.165, 1.54) is 0 Å². The summed E-state index contributed by atoms with van der Waals surface area (Å²) in [7, 11) is 0. The van der Waals surface area contributed by atoms with Crippen molar-refractivity contribution in [1.82, 2.24) is 4.90 Å². The summed E-state index contributed by atoms with van der Waals surface area (Å²) in [6.07, 6.45) is 3.47. The summed E-state index contributed by atoms with van der Waals surface area (Å²) in [6, 6.07) is 7.36. The van der Waals surface area contributed by atoms with Gasteiger partial charge in [-0.3, -0.25) is 9.59 Å². The predicted molar refractivity (Wildman–Crippen MR) is 92.6 cm³/mol. The molecule has 0 fully saturated rings. The van der Waals surface area contributed by atoms with Crippen molar-refractivity contribution in [2.75, 3.05) is 25.0 Å². The molecule has 0 spiro atoms. The first-order chi connectivity index (χ1) is 11.1. The Morgan fingerprint density at radius 3 is 2.52 bits per heavy atom. The monoisotopic (exact) mass is 320 g/mol. The molecule has 2 amide bonds. The second-order valence-corrected chi connectivity index (χ2v) is 5.44. The summed E-state index contributed by atoms with van der Waals surface area (Å²) in [6.45, 7) is 7.28. The maximum Gasteiger partial charge on any atom is 0.226 e. The summed E-state index contributed by atoms with van der Waals surface area (Å²) in [5.74, 6) is 0.567. The number of carbonyl (C=O) groups excluding carboxylic acids is 2. The van der Waals surface area contributed by atoms with Crippen LogP contribution in [0.25, 0.3) is 0 Å². The average Bonchev–Trinajstić information content (AvgIpc) is 2.52. The zero-order valence-corrected chi connectivity index (χ0v) is 14.4. The van der Waals surface area contributed by atoms with Crippen LogP contribution in [0.1, 0.15) is 46.5 Å². The maximum atomic E-state index is 12.1. The van der Waals surface area contributed by atoms with E-state index in [1.54, 1.807) is 11.8 Å². The van der Waals surface area contributed by atoms with E-state index in [0.29, 0.717) is 31.1 Å². The predicted octanol–water partition coefficient (Wildman–Crippen LogP) is 3.45. The van der Waals surface area contributed by atoms with Crippen molar-refractivity contribution < 1.29 is 14.3 Å². The number of benzene rings is 1. The van der Waals surface area contributed by atoms with Crippen molar-refractivity contribution in [3.8, 4) is 5.75 Å². The Morgan fingerprint density at radius 1 is 1.13 bits per heavy atom. The Bertz CT molecular complexity index is 503. The highest BCUT2D eigenvalue weighted by atomic mass is 16.5. The molecule has 23 heavy (non-hydrogen) atoms. The van der Waals surface area contributed by atoms with Gasteiger partial charge in [-0.2, -0.15) is 0 Å². The fourth-order valence-electron chi connectivity index (χ4n) is 2.28. The van der Waals surface area contributed by atoms with Gasteiger partial charge in [0.25, 0.3) is 0 Å². The van der Waals surface area contributed by atoms with E-state index in [9.17, 15) is 9.59 Å². The molecule has 0 aliphatic heterocycles. The first-order valence-electron chi connectivity index (χ1n) is 8.35. The van der Waals surface area contributed by atoms with Gasteiger partial charge < -0.3 is 15.0 Å². The van der Waals surface area contributed by atoms with Gasteiger partial charge in [0.2, 0.25) is 11.8 Å². The van der Waals surface area contributed by atoms with Gasteiger partial charge in [0.15, 0.2) is 0 Å². The number of amides is 2. The van der Waals surface area contributed by atoms with E-state index in [0.717, 1.165) is 19.3 Å². The minimum Gasteiger partial charge on any atom is -0.492 e. The fraction of sp³-hybridized carbons (Fsp3) is 0.556. The second-order valence-electron chi connectivity index (χ2n) is 5.44. The molecule has 0 atom stereocenters. The van der Waals surface area contributed by atoms with Gasteiger partial charge in [0, 0.05) is 26.4 Å². The molecule has 0 radical (unpaired) electrons. The number of unbranched alkanes of at least 4 members (excludes halogenated alkanes) is 2.